The number of carbonyl (C=O) groups is 1. The van der Waals surface area contributed by atoms with E-state index in [9.17, 15) is 9.90 Å². The van der Waals surface area contributed by atoms with Crippen LogP contribution in [-0.4, -0.2) is 35.4 Å². The Hall–Kier alpha value is -2.75. The van der Waals surface area contributed by atoms with Gasteiger partial charge in [-0.15, -0.1) is 0 Å². The Kier molecular flexibility index (Phi) is 8.54. The zero-order valence-electron chi connectivity index (χ0n) is 21.2. The maximum absolute atomic E-state index is 12.6. The van der Waals surface area contributed by atoms with Crippen LogP contribution < -0.4 is 0 Å². The third-order valence-electron chi connectivity index (χ3n) is 7.63. The lowest BCUT2D eigenvalue weighted by Crippen LogP contribution is -2.44. The monoisotopic (exact) mass is 469 g/mol. The molecule has 0 radical (unpaired) electrons. The predicted molar refractivity (Wildman–Crippen MR) is 144 cm³/mol. The molecule has 4 rings (SSSR count). The number of aliphatic hydroxyl groups is 1. The fourth-order valence-electron chi connectivity index (χ4n) is 5.42. The summed E-state index contributed by atoms with van der Waals surface area (Å²) in [7, 11) is 0. The van der Waals surface area contributed by atoms with Crippen LogP contribution in [0.2, 0.25) is 0 Å². The number of rotatable bonds is 10. The molecule has 1 aliphatic rings. The number of carbonyl (C=O) groups excluding carboxylic acids is 1. The van der Waals surface area contributed by atoms with Crippen LogP contribution in [0.1, 0.15) is 78.9 Å². The van der Waals surface area contributed by atoms with Gasteiger partial charge in [0.25, 0.3) is 0 Å². The van der Waals surface area contributed by atoms with E-state index in [1.807, 2.05) is 72.8 Å². The van der Waals surface area contributed by atoms with Gasteiger partial charge in [-0.05, 0) is 73.8 Å². The summed E-state index contributed by atoms with van der Waals surface area (Å²) in [5.41, 5.74) is 3.09. The molecule has 184 valence electrons. The van der Waals surface area contributed by atoms with Crippen LogP contribution in [0, 0.1) is 5.92 Å². The molecule has 0 unspecified atom stereocenters. The number of nitrogens with zero attached hydrogens (tertiary/aromatic N) is 1. The van der Waals surface area contributed by atoms with Gasteiger partial charge in [0.1, 0.15) is 5.60 Å². The molecule has 1 N–H and O–H groups in total. The van der Waals surface area contributed by atoms with Crippen LogP contribution in [-0.2, 0) is 5.60 Å². The molecular weight excluding hydrogens is 430 g/mol. The summed E-state index contributed by atoms with van der Waals surface area (Å²) in [6.07, 6.45) is 4.48. The molecule has 1 saturated heterocycles. The van der Waals surface area contributed by atoms with Crippen molar-refractivity contribution < 1.29 is 9.90 Å². The minimum atomic E-state index is -0.966. The van der Waals surface area contributed by atoms with Crippen molar-refractivity contribution in [3.63, 3.8) is 0 Å². The highest BCUT2D eigenvalue weighted by Crippen LogP contribution is 2.41. The van der Waals surface area contributed by atoms with Gasteiger partial charge < -0.3 is 10.0 Å². The second kappa shape index (κ2) is 11.8. The molecule has 1 aliphatic heterocycles. The Bertz CT molecular complexity index is 1010. The maximum Gasteiger partial charge on any atom is 0.162 e. The molecule has 0 spiro atoms. The SMILES string of the molecule is CC(C)c1ccc(C(=O)CCCCN2CCC(C(O)(c3ccccc3)c3ccccc3)CC2)cc1. The van der Waals surface area contributed by atoms with Gasteiger partial charge in [-0.1, -0.05) is 98.8 Å². The Morgan fingerprint density at radius 2 is 1.40 bits per heavy atom. The van der Waals surface area contributed by atoms with Crippen molar-refractivity contribution in [2.24, 2.45) is 5.92 Å². The van der Waals surface area contributed by atoms with Crippen molar-refractivity contribution in [1.82, 2.24) is 4.90 Å². The highest BCUT2D eigenvalue weighted by atomic mass is 16.3. The van der Waals surface area contributed by atoms with Gasteiger partial charge in [-0.2, -0.15) is 0 Å². The second-order valence-corrected chi connectivity index (χ2v) is 10.3. The normalized spacial score (nSPS) is 15.4. The molecule has 3 nitrogen and oxygen atoms in total. The minimum absolute atomic E-state index is 0.180. The topological polar surface area (TPSA) is 40.5 Å². The smallest absolute Gasteiger partial charge is 0.162 e. The quantitative estimate of drug-likeness (QED) is 0.262. The van der Waals surface area contributed by atoms with E-state index in [1.54, 1.807) is 0 Å². The van der Waals surface area contributed by atoms with E-state index in [0.29, 0.717) is 12.3 Å². The summed E-state index contributed by atoms with van der Waals surface area (Å²) in [4.78, 5) is 15.1. The predicted octanol–water partition coefficient (Wildman–Crippen LogP) is 6.81. The van der Waals surface area contributed by atoms with Crippen molar-refractivity contribution >= 4 is 5.78 Å². The summed E-state index contributed by atoms with van der Waals surface area (Å²) >= 11 is 0. The van der Waals surface area contributed by atoms with Crippen LogP contribution >= 0.6 is 0 Å². The van der Waals surface area contributed by atoms with Gasteiger partial charge in [0.05, 0.1) is 0 Å². The van der Waals surface area contributed by atoms with Crippen molar-refractivity contribution in [1.29, 1.82) is 0 Å². The lowest BCUT2D eigenvalue weighted by Gasteiger charge is -2.42. The van der Waals surface area contributed by atoms with E-state index in [-0.39, 0.29) is 11.7 Å². The van der Waals surface area contributed by atoms with Crippen LogP contribution in [0.15, 0.2) is 84.9 Å². The highest BCUT2D eigenvalue weighted by Gasteiger charge is 2.41. The Labute approximate surface area is 210 Å². The van der Waals surface area contributed by atoms with E-state index >= 15 is 0 Å². The van der Waals surface area contributed by atoms with Crippen LogP contribution in [0.25, 0.3) is 0 Å². The number of benzene rings is 3. The van der Waals surface area contributed by atoms with Crippen LogP contribution in [0.3, 0.4) is 0 Å². The lowest BCUT2D eigenvalue weighted by molar-refractivity contribution is -0.0143. The van der Waals surface area contributed by atoms with E-state index in [1.165, 1.54) is 5.56 Å². The van der Waals surface area contributed by atoms with Gasteiger partial charge in [-0.25, -0.2) is 0 Å². The van der Waals surface area contributed by atoms with Crippen molar-refractivity contribution in [3.05, 3.63) is 107 Å². The number of hydrogen-bond donors (Lipinski definition) is 1. The molecule has 0 amide bonds. The molecular formula is C32H39NO2. The van der Waals surface area contributed by atoms with Crippen molar-refractivity contribution in [2.45, 2.75) is 57.5 Å². The number of Topliss-reactive ketones (excluding diaryl/α,β-unsaturated/α-hetero) is 1. The molecule has 3 aromatic rings. The summed E-state index contributed by atoms with van der Waals surface area (Å²) < 4.78 is 0. The zero-order chi connectivity index (χ0) is 24.7. The third-order valence-corrected chi connectivity index (χ3v) is 7.63. The van der Waals surface area contributed by atoms with E-state index < -0.39 is 5.60 Å². The Balaban J connectivity index is 1.28. The Morgan fingerprint density at radius 3 is 1.91 bits per heavy atom. The maximum atomic E-state index is 12.6. The van der Waals surface area contributed by atoms with Crippen LogP contribution in [0.4, 0.5) is 0 Å². The highest BCUT2D eigenvalue weighted by molar-refractivity contribution is 5.96. The lowest BCUT2D eigenvalue weighted by atomic mass is 9.72. The molecule has 0 aliphatic carbocycles. The number of unbranched alkanes of at least 4 members (excludes halogenated alkanes) is 1. The van der Waals surface area contributed by atoms with Gasteiger partial charge in [0, 0.05) is 12.0 Å². The van der Waals surface area contributed by atoms with E-state index in [0.717, 1.165) is 62.0 Å². The molecule has 1 fully saturated rings. The average Bonchev–Trinajstić information content (AvgIpc) is 2.92. The molecule has 0 saturated carbocycles. The van der Waals surface area contributed by atoms with Gasteiger partial charge in [-0.3, -0.25) is 4.79 Å². The average molecular weight is 470 g/mol. The van der Waals surface area contributed by atoms with Crippen LogP contribution in [0.5, 0.6) is 0 Å². The summed E-state index contributed by atoms with van der Waals surface area (Å²) in [5.74, 6) is 0.911. The largest absolute Gasteiger partial charge is 0.380 e. The number of likely N-dealkylation sites (tertiary alicyclic amines) is 1. The first-order valence-corrected chi connectivity index (χ1v) is 13.2. The Morgan fingerprint density at radius 1 is 0.857 bits per heavy atom. The van der Waals surface area contributed by atoms with Gasteiger partial charge >= 0.3 is 0 Å². The van der Waals surface area contributed by atoms with E-state index in [4.69, 9.17) is 0 Å². The van der Waals surface area contributed by atoms with Gasteiger partial charge in [0.15, 0.2) is 5.78 Å². The summed E-state index contributed by atoms with van der Waals surface area (Å²) in [6, 6.07) is 28.4. The first-order valence-electron chi connectivity index (χ1n) is 13.2. The molecule has 3 aromatic carbocycles. The van der Waals surface area contributed by atoms with E-state index in [2.05, 4.69) is 30.9 Å². The molecule has 0 atom stereocenters. The second-order valence-electron chi connectivity index (χ2n) is 10.3. The fraction of sp³-hybridized carbons (Fsp3) is 0.406. The first kappa shape index (κ1) is 25.3. The number of hydrogen-bond acceptors (Lipinski definition) is 3. The minimum Gasteiger partial charge on any atom is -0.380 e. The van der Waals surface area contributed by atoms with Gasteiger partial charge in [0.2, 0.25) is 0 Å². The molecule has 3 heteroatoms. The first-order chi connectivity index (χ1) is 17.0. The summed E-state index contributed by atoms with van der Waals surface area (Å²) in [6.45, 7) is 7.32. The third kappa shape index (κ3) is 6.09. The zero-order valence-corrected chi connectivity index (χ0v) is 21.2. The number of ketones is 1. The molecule has 35 heavy (non-hydrogen) atoms. The molecule has 0 aromatic heterocycles. The molecule has 0 bridgehead atoms. The molecule has 1 heterocycles. The van der Waals surface area contributed by atoms with Crippen molar-refractivity contribution in [3.8, 4) is 0 Å². The summed E-state index contributed by atoms with van der Waals surface area (Å²) in [5, 5.41) is 12.0. The number of piperidine rings is 1. The van der Waals surface area contributed by atoms with Crippen molar-refractivity contribution in [2.75, 3.05) is 19.6 Å². The fourth-order valence-corrected chi connectivity index (χ4v) is 5.42. The standard InChI is InChI=1S/C32H39NO2/c1-25(2)26-16-18-27(19-17-26)31(34)15-9-10-22-33-23-20-30(21-24-33)32(35,28-11-5-3-6-12-28)29-13-7-4-8-14-29/h3-8,11-14,16-19,25,30,35H,9-10,15,20-24H2,1-2H3.